The summed E-state index contributed by atoms with van der Waals surface area (Å²) >= 11 is 0. The maximum atomic E-state index is 13.9. The summed E-state index contributed by atoms with van der Waals surface area (Å²) in [6.07, 6.45) is 2.10. The quantitative estimate of drug-likeness (QED) is 0.880. The molecule has 0 radical (unpaired) electrons. The van der Waals surface area contributed by atoms with Gasteiger partial charge in [0.15, 0.2) is 0 Å². The van der Waals surface area contributed by atoms with Crippen molar-refractivity contribution in [2.45, 2.75) is 26.7 Å². The molecule has 0 bridgehead atoms. The molecule has 0 spiro atoms. The average molecular weight is 271 g/mol. The van der Waals surface area contributed by atoms with E-state index in [0.29, 0.717) is 11.3 Å². The number of anilines is 1. The molecule has 2 aromatic rings. The van der Waals surface area contributed by atoms with E-state index in [9.17, 15) is 9.18 Å². The van der Waals surface area contributed by atoms with Crippen LogP contribution in [0.5, 0.6) is 0 Å². The third-order valence-electron chi connectivity index (χ3n) is 3.19. The molecule has 1 N–H and O–H groups in total. The average Bonchev–Trinajstić information content (AvgIpc) is 2.44. The first-order chi connectivity index (χ1) is 9.61. The Bertz CT molecular complexity index is 605. The van der Waals surface area contributed by atoms with Gasteiger partial charge in [0.2, 0.25) is 0 Å². The van der Waals surface area contributed by atoms with E-state index in [0.717, 1.165) is 12.8 Å². The summed E-state index contributed by atoms with van der Waals surface area (Å²) in [7, 11) is 0. The first-order valence-corrected chi connectivity index (χ1v) is 6.77. The second-order valence-electron chi connectivity index (χ2n) is 4.84. The van der Waals surface area contributed by atoms with E-state index >= 15 is 0 Å². The number of nitrogens with one attached hydrogen (secondary N) is 1. The van der Waals surface area contributed by atoms with Crippen molar-refractivity contribution < 1.29 is 9.18 Å². The Hall–Kier alpha value is -2.16. The van der Waals surface area contributed by atoms with Crippen molar-refractivity contribution in [3.8, 4) is 0 Å². The number of amides is 1. The van der Waals surface area contributed by atoms with E-state index in [1.165, 1.54) is 11.6 Å². The van der Waals surface area contributed by atoms with Crippen LogP contribution in [-0.2, 0) is 6.42 Å². The maximum Gasteiger partial charge on any atom is 0.258 e. The van der Waals surface area contributed by atoms with Crippen molar-refractivity contribution in [1.29, 1.82) is 0 Å². The molecule has 2 nitrogen and oxygen atoms in total. The molecule has 2 rings (SSSR count). The highest BCUT2D eigenvalue weighted by Gasteiger charge is 2.13. The number of carbonyl (C=O) groups excluding carboxylic acids is 1. The fourth-order valence-corrected chi connectivity index (χ4v) is 2.06. The highest BCUT2D eigenvalue weighted by molar-refractivity contribution is 6.04. The zero-order valence-corrected chi connectivity index (χ0v) is 11.7. The van der Waals surface area contributed by atoms with Crippen molar-refractivity contribution in [1.82, 2.24) is 0 Å². The maximum absolute atomic E-state index is 13.9. The summed E-state index contributed by atoms with van der Waals surface area (Å²) in [4.78, 5) is 12.0. The van der Waals surface area contributed by atoms with Crippen molar-refractivity contribution >= 4 is 11.6 Å². The molecular weight excluding hydrogens is 253 g/mol. The van der Waals surface area contributed by atoms with Crippen LogP contribution >= 0.6 is 0 Å². The molecule has 2 aromatic carbocycles. The van der Waals surface area contributed by atoms with E-state index in [1.807, 2.05) is 24.3 Å². The Labute approximate surface area is 118 Å². The Kier molecular flexibility index (Phi) is 4.51. The van der Waals surface area contributed by atoms with Gasteiger partial charge in [-0.3, -0.25) is 4.79 Å². The summed E-state index contributed by atoms with van der Waals surface area (Å²) in [5.41, 5.74) is 2.45. The Morgan fingerprint density at radius 3 is 2.50 bits per heavy atom. The van der Waals surface area contributed by atoms with Gasteiger partial charge in [0, 0.05) is 5.69 Å². The summed E-state index contributed by atoms with van der Waals surface area (Å²) in [5, 5.41) is 2.72. The molecule has 104 valence electrons. The zero-order valence-electron chi connectivity index (χ0n) is 11.7. The summed E-state index contributed by atoms with van der Waals surface area (Å²) < 4.78 is 13.9. The van der Waals surface area contributed by atoms with E-state index in [4.69, 9.17) is 0 Å². The smallest absolute Gasteiger partial charge is 0.258 e. The Balaban J connectivity index is 2.13. The van der Waals surface area contributed by atoms with Crippen molar-refractivity contribution in [3.05, 3.63) is 65.0 Å². The largest absolute Gasteiger partial charge is 0.322 e. The first-order valence-electron chi connectivity index (χ1n) is 6.77. The van der Waals surface area contributed by atoms with Gasteiger partial charge in [0.05, 0.1) is 5.56 Å². The lowest BCUT2D eigenvalue weighted by Gasteiger charge is -2.08. The number of benzene rings is 2. The minimum atomic E-state index is -0.465. The number of hydrogen-bond donors (Lipinski definition) is 1. The van der Waals surface area contributed by atoms with Crippen molar-refractivity contribution in [2.75, 3.05) is 5.32 Å². The van der Waals surface area contributed by atoms with Crippen molar-refractivity contribution in [3.63, 3.8) is 0 Å². The van der Waals surface area contributed by atoms with E-state index in [1.54, 1.807) is 19.1 Å². The van der Waals surface area contributed by atoms with E-state index < -0.39 is 11.7 Å². The zero-order chi connectivity index (χ0) is 14.5. The summed E-state index contributed by atoms with van der Waals surface area (Å²) in [5.74, 6) is -0.887. The molecule has 0 aliphatic rings. The van der Waals surface area contributed by atoms with Gasteiger partial charge < -0.3 is 5.32 Å². The van der Waals surface area contributed by atoms with Gasteiger partial charge in [-0.2, -0.15) is 0 Å². The molecule has 20 heavy (non-hydrogen) atoms. The predicted octanol–water partition coefficient (Wildman–Crippen LogP) is 4.34. The lowest BCUT2D eigenvalue weighted by molar-refractivity contribution is 0.102. The second kappa shape index (κ2) is 6.33. The van der Waals surface area contributed by atoms with Gasteiger partial charge in [-0.25, -0.2) is 4.39 Å². The molecule has 0 unspecified atom stereocenters. The Morgan fingerprint density at radius 1 is 1.15 bits per heavy atom. The number of carbonyl (C=O) groups is 1. The molecule has 0 fully saturated rings. The van der Waals surface area contributed by atoms with Crippen LogP contribution in [-0.4, -0.2) is 5.91 Å². The molecule has 1 amide bonds. The van der Waals surface area contributed by atoms with Crippen LogP contribution in [0.15, 0.2) is 42.5 Å². The van der Waals surface area contributed by atoms with Crippen LogP contribution in [0.3, 0.4) is 0 Å². The standard InChI is InChI=1S/C17H18FNO/c1-3-5-13-8-10-14(11-9-13)19-17(20)15-7-4-6-12(2)16(15)18/h4,6-11H,3,5H2,1-2H3,(H,19,20). The molecule has 0 saturated heterocycles. The van der Waals surface area contributed by atoms with Crippen LogP contribution in [0.25, 0.3) is 0 Å². The molecule has 0 saturated carbocycles. The molecule has 3 heteroatoms. The highest BCUT2D eigenvalue weighted by Crippen LogP contribution is 2.16. The first kappa shape index (κ1) is 14.3. The summed E-state index contributed by atoms with van der Waals surface area (Å²) in [6.45, 7) is 3.77. The minimum Gasteiger partial charge on any atom is -0.322 e. The number of aryl methyl sites for hydroxylation is 2. The fourth-order valence-electron chi connectivity index (χ4n) is 2.06. The van der Waals surface area contributed by atoms with Crippen LogP contribution < -0.4 is 5.32 Å². The van der Waals surface area contributed by atoms with Gasteiger partial charge in [-0.1, -0.05) is 37.6 Å². The molecule has 0 aliphatic carbocycles. The monoisotopic (exact) mass is 271 g/mol. The fraction of sp³-hybridized carbons (Fsp3) is 0.235. The van der Waals surface area contributed by atoms with E-state index in [2.05, 4.69) is 12.2 Å². The lowest BCUT2D eigenvalue weighted by atomic mass is 10.1. The van der Waals surface area contributed by atoms with Gasteiger partial charge in [0.25, 0.3) is 5.91 Å². The molecule has 0 aliphatic heterocycles. The number of hydrogen-bond acceptors (Lipinski definition) is 1. The third kappa shape index (κ3) is 3.23. The SMILES string of the molecule is CCCc1ccc(NC(=O)c2cccc(C)c2F)cc1. The molecule has 0 heterocycles. The van der Waals surface area contributed by atoms with Gasteiger partial charge in [0.1, 0.15) is 5.82 Å². The molecular formula is C17H18FNO. The van der Waals surface area contributed by atoms with Crippen LogP contribution in [0, 0.1) is 12.7 Å². The normalized spacial score (nSPS) is 10.3. The molecule has 0 aromatic heterocycles. The van der Waals surface area contributed by atoms with Crippen LogP contribution in [0.1, 0.15) is 34.8 Å². The molecule has 0 atom stereocenters. The van der Waals surface area contributed by atoms with Crippen LogP contribution in [0.2, 0.25) is 0 Å². The third-order valence-corrected chi connectivity index (χ3v) is 3.19. The Morgan fingerprint density at radius 2 is 1.85 bits per heavy atom. The topological polar surface area (TPSA) is 29.1 Å². The minimum absolute atomic E-state index is 0.0719. The van der Waals surface area contributed by atoms with Crippen molar-refractivity contribution in [2.24, 2.45) is 0 Å². The number of halogens is 1. The second-order valence-corrected chi connectivity index (χ2v) is 4.84. The highest BCUT2D eigenvalue weighted by atomic mass is 19.1. The van der Waals surface area contributed by atoms with Gasteiger partial charge in [-0.05, 0) is 42.7 Å². The summed E-state index contributed by atoms with van der Waals surface area (Å²) in [6, 6.07) is 12.5. The van der Waals surface area contributed by atoms with Gasteiger partial charge >= 0.3 is 0 Å². The van der Waals surface area contributed by atoms with Gasteiger partial charge in [-0.15, -0.1) is 0 Å². The predicted molar refractivity (Wildman–Crippen MR) is 79.5 cm³/mol. The van der Waals surface area contributed by atoms with E-state index in [-0.39, 0.29) is 5.56 Å². The lowest BCUT2D eigenvalue weighted by Crippen LogP contribution is -2.14. The van der Waals surface area contributed by atoms with Crippen LogP contribution in [0.4, 0.5) is 10.1 Å². The number of rotatable bonds is 4.